The second-order valence-corrected chi connectivity index (χ2v) is 6.17. The molecule has 0 aliphatic heterocycles. The SMILES string of the molecule is CCc1ccc2oc(-c3ccco3)c(OCc3ccc(F)cc3)c(=O)c2c1. The lowest BCUT2D eigenvalue weighted by molar-refractivity contribution is 0.296. The van der Waals surface area contributed by atoms with E-state index in [1.54, 1.807) is 30.3 Å². The zero-order valence-electron chi connectivity index (χ0n) is 14.7. The third-order valence-corrected chi connectivity index (χ3v) is 4.36. The van der Waals surface area contributed by atoms with Crippen LogP contribution in [0.4, 0.5) is 4.39 Å². The van der Waals surface area contributed by atoms with Gasteiger partial charge in [-0.05, 0) is 53.9 Å². The highest BCUT2D eigenvalue weighted by molar-refractivity contribution is 5.81. The molecule has 0 aliphatic carbocycles. The molecule has 0 unspecified atom stereocenters. The van der Waals surface area contributed by atoms with Crippen molar-refractivity contribution in [2.45, 2.75) is 20.0 Å². The van der Waals surface area contributed by atoms with E-state index >= 15 is 0 Å². The minimum atomic E-state index is -0.327. The van der Waals surface area contributed by atoms with Gasteiger partial charge < -0.3 is 13.6 Å². The van der Waals surface area contributed by atoms with Gasteiger partial charge in [-0.15, -0.1) is 0 Å². The molecule has 0 saturated carbocycles. The largest absolute Gasteiger partial charge is 0.481 e. The Morgan fingerprint density at radius 3 is 2.52 bits per heavy atom. The fraction of sp³-hybridized carbons (Fsp3) is 0.136. The van der Waals surface area contributed by atoms with Gasteiger partial charge in [0.05, 0.1) is 11.6 Å². The topological polar surface area (TPSA) is 52.6 Å². The summed E-state index contributed by atoms with van der Waals surface area (Å²) >= 11 is 0. The number of fused-ring (bicyclic) bond motifs is 1. The first kappa shape index (κ1) is 17.1. The highest BCUT2D eigenvalue weighted by Gasteiger charge is 2.20. The zero-order valence-corrected chi connectivity index (χ0v) is 14.7. The Labute approximate surface area is 154 Å². The Balaban J connectivity index is 1.82. The Bertz CT molecular complexity index is 1130. The minimum Gasteiger partial charge on any atom is -0.481 e. The summed E-state index contributed by atoms with van der Waals surface area (Å²) in [6.07, 6.45) is 2.31. The van der Waals surface area contributed by atoms with E-state index in [0.717, 1.165) is 17.5 Å². The molecule has 0 spiro atoms. The van der Waals surface area contributed by atoms with Gasteiger partial charge >= 0.3 is 0 Å². The number of hydrogen-bond acceptors (Lipinski definition) is 4. The number of aryl methyl sites for hydroxylation is 1. The molecule has 2 aromatic carbocycles. The second kappa shape index (κ2) is 7.11. The van der Waals surface area contributed by atoms with Crippen LogP contribution in [0.3, 0.4) is 0 Å². The fourth-order valence-electron chi connectivity index (χ4n) is 2.88. The van der Waals surface area contributed by atoms with Crippen LogP contribution in [-0.2, 0) is 13.0 Å². The van der Waals surface area contributed by atoms with E-state index in [1.165, 1.54) is 18.4 Å². The second-order valence-electron chi connectivity index (χ2n) is 6.17. The van der Waals surface area contributed by atoms with Gasteiger partial charge in [-0.25, -0.2) is 4.39 Å². The summed E-state index contributed by atoms with van der Waals surface area (Å²) in [5.74, 6) is 0.397. The van der Waals surface area contributed by atoms with Crippen LogP contribution >= 0.6 is 0 Å². The van der Waals surface area contributed by atoms with Crippen LogP contribution in [0.25, 0.3) is 22.5 Å². The van der Waals surface area contributed by atoms with E-state index in [9.17, 15) is 9.18 Å². The summed E-state index contributed by atoms with van der Waals surface area (Å²) < 4.78 is 30.3. The predicted molar refractivity (Wildman–Crippen MR) is 100 cm³/mol. The van der Waals surface area contributed by atoms with Gasteiger partial charge in [0.2, 0.25) is 16.9 Å². The lowest BCUT2D eigenvalue weighted by atomic mass is 10.1. The van der Waals surface area contributed by atoms with Crippen LogP contribution in [0.2, 0.25) is 0 Å². The molecule has 5 heteroatoms. The van der Waals surface area contributed by atoms with E-state index in [-0.39, 0.29) is 29.4 Å². The van der Waals surface area contributed by atoms with Crippen molar-refractivity contribution in [2.75, 3.05) is 0 Å². The highest BCUT2D eigenvalue weighted by atomic mass is 19.1. The third kappa shape index (κ3) is 3.36. The molecule has 0 fully saturated rings. The molecule has 0 saturated heterocycles. The number of benzene rings is 2. The molecule has 4 rings (SSSR count). The van der Waals surface area contributed by atoms with Crippen LogP contribution < -0.4 is 10.2 Å². The first-order valence-electron chi connectivity index (χ1n) is 8.66. The van der Waals surface area contributed by atoms with Crippen LogP contribution in [0, 0.1) is 5.82 Å². The van der Waals surface area contributed by atoms with Crippen LogP contribution in [0.1, 0.15) is 18.1 Å². The van der Waals surface area contributed by atoms with Crippen molar-refractivity contribution >= 4 is 11.0 Å². The number of rotatable bonds is 5. The summed E-state index contributed by atoms with van der Waals surface area (Å²) in [6.45, 7) is 2.13. The zero-order chi connectivity index (χ0) is 18.8. The predicted octanol–water partition coefficient (Wildman–Crippen LogP) is 5.33. The maximum absolute atomic E-state index is 13.1. The summed E-state index contributed by atoms with van der Waals surface area (Å²) in [5, 5.41) is 0.457. The molecule has 0 radical (unpaired) electrons. The normalized spacial score (nSPS) is 11.0. The molecule has 27 heavy (non-hydrogen) atoms. The van der Waals surface area contributed by atoms with E-state index < -0.39 is 0 Å². The molecular formula is C22H17FO4. The van der Waals surface area contributed by atoms with Crippen molar-refractivity contribution in [1.29, 1.82) is 0 Å². The molecule has 0 amide bonds. The fourth-order valence-corrected chi connectivity index (χ4v) is 2.88. The standard InChI is InChI=1S/C22H17FO4/c1-2-14-7-10-18-17(12-14)20(24)22(21(27-18)19-4-3-11-25-19)26-13-15-5-8-16(23)9-6-15/h3-12H,2,13H2,1H3. The molecule has 4 aromatic rings. The van der Waals surface area contributed by atoms with Gasteiger partial charge in [-0.2, -0.15) is 0 Å². The van der Waals surface area contributed by atoms with Gasteiger partial charge in [0, 0.05) is 0 Å². The van der Waals surface area contributed by atoms with Gasteiger partial charge in [-0.1, -0.05) is 25.1 Å². The molecule has 2 heterocycles. The van der Waals surface area contributed by atoms with Gasteiger partial charge in [0.25, 0.3) is 0 Å². The lowest BCUT2D eigenvalue weighted by Gasteiger charge is -2.11. The number of hydrogen-bond donors (Lipinski definition) is 0. The van der Waals surface area contributed by atoms with Crippen LogP contribution in [0.5, 0.6) is 5.75 Å². The average Bonchev–Trinajstić information content (AvgIpc) is 3.23. The van der Waals surface area contributed by atoms with E-state index in [1.807, 2.05) is 19.1 Å². The van der Waals surface area contributed by atoms with Crippen LogP contribution in [-0.4, -0.2) is 0 Å². The van der Waals surface area contributed by atoms with Crippen molar-refractivity contribution < 1.29 is 18.0 Å². The van der Waals surface area contributed by atoms with Gasteiger partial charge in [-0.3, -0.25) is 4.79 Å². The Morgan fingerprint density at radius 1 is 1.04 bits per heavy atom. The van der Waals surface area contributed by atoms with Crippen molar-refractivity contribution in [3.8, 4) is 17.3 Å². The summed E-state index contributed by atoms with van der Waals surface area (Å²) in [7, 11) is 0. The Morgan fingerprint density at radius 2 is 1.81 bits per heavy atom. The molecule has 2 aromatic heterocycles. The summed E-state index contributed by atoms with van der Waals surface area (Å²) in [6, 6.07) is 14.9. The average molecular weight is 364 g/mol. The maximum atomic E-state index is 13.1. The maximum Gasteiger partial charge on any atom is 0.235 e. The number of ether oxygens (including phenoxy) is 1. The molecule has 0 aliphatic rings. The molecular weight excluding hydrogens is 347 g/mol. The van der Waals surface area contributed by atoms with E-state index in [4.69, 9.17) is 13.6 Å². The molecule has 136 valence electrons. The van der Waals surface area contributed by atoms with Crippen molar-refractivity contribution in [3.63, 3.8) is 0 Å². The van der Waals surface area contributed by atoms with Crippen molar-refractivity contribution in [3.05, 3.63) is 88.0 Å². The Kier molecular flexibility index (Phi) is 4.50. The third-order valence-electron chi connectivity index (χ3n) is 4.36. The first-order chi connectivity index (χ1) is 13.2. The van der Waals surface area contributed by atoms with E-state index in [0.29, 0.717) is 16.7 Å². The van der Waals surface area contributed by atoms with E-state index in [2.05, 4.69) is 0 Å². The summed E-state index contributed by atoms with van der Waals surface area (Å²) in [5.41, 5.74) is 1.98. The molecule has 0 bridgehead atoms. The number of halogens is 1. The number of furan rings is 1. The Hall–Kier alpha value is -3.34. The van der Waals surface area contributed by atoms with Crippen molar-refractivity contribution in [2.24, 2.45) is 0 Å². The molecule has 0 N–H and O–H groups in total. The molecule has 0 atom stereocenters. The molecule has 4 nitrogen and oxygen atoms in total. The lowest BCUT2D eigenvalue weighted by Crippen LogP contribution is -2.10. The van der Waals surface area contributed by atoms with Gasteiger partial charge in [0.15, 0.2) is 5.76 Å². The van der Waals surface area contributed by atoms with Crippen LogP contribution in [0.15, 0.2) is 74.5 Å². The summed E-state index contributed by atoms with van der Waals surface area (Å²) in [4.78, 5) is 13.1. The van der Waals surface area contributed by atoms with Crippen molar-refractivity contribution in [1.82, 2.24) is 0 Å². The smallest absolute Gasteiger partial charge is 0.235 e. The quantitative estimate of drug-likeness (QED) is 0.480. The first-order valence-corrected chi connectivity index (χ1v) is 8.66. The minimum absolute atomic E-state index is 0.0787. The highest BCUT2D eigenvalue weighted by Crippen LogP contribution is 2.32. The van der Waals surface area contributed by atoms with Gasteiger partial charge in [0.1, 0.15) is 18.0 Å². The monoisotopic (exact) mass is 364 g/mol.